The molecule has 0 atom stereocenters. The van der Waals surface area contributed by atoms with Crippen LogP contribution in [0.2, 0.25) is 15.1 Å². The highest BCUT2D eigenvalue weighted by Gasteiger charge is 2.14. The maximum Gasteiger partial charge on any atom is 0.266 e. The predicted octanol–water partition coefficient (Wildman–Crippen LogP) is 8.45. The lowest BCUT2D eigenvalue weighted by Gasteiger charge is -2.13. The van der Waals surface area contributed by atoms with Gasteiger partial charge in [-0.1, -0.05) is 46.9 Å². The van der Waals surface area contributed by atoms with Gasteiger partial charge in [0.2, 0.25) is 0 Å². The number of rotatable bonds is 6. The topological polar surface area (TPSA) is 62.1 Å². The highest BCUT2D eigenvalue weighted by molar-refractivity contribution is 14.1. The largest absolute Gasteiger partial charge is 0.487 e. The van der Waals surface area contributed by atoms with E-state index in [1.54, 1.807) is 36.4 Å². The van der Waals surface area contributed by atoms with E-state index in [0.717, 1.165) is 14.7 Å². The standard InChI is InChI=1S/C24H15BrCl3IN2O2/c1-13-2-5-18(10-20(13)27)31-24(32)16(11-30)6-14-7-19(25)23(22(29)8-14)33-12-15-3-4-17(26)9-21(15)28/h2-10H,12H2,1H3,(H,31,32)/b16-6-. The van der Waals surface area contributed by atoms with Crippen LogP contribution in [-0.4, -0.2) is 5.91 Å². The van der Waals surface area contributed by atoms with Gasteiger partial charge in [0.1, 0.15) is 24.0 Å². The zero-order valence-corrected chi connectivity index (χ0v) is 23.1. The van der Waals surface area contributed by atoms with Crippen LogP contribution in [0.1, 0.15) is 16.7 Å². The monoisotopic (exact) mass is 674 g/mol. The fraction of sp³-hybridized carbons (Fsp3) is 0.0833. The predicted molar refractivity (Wildman–Crippen MR) is 146 cm³/mol. The van der Waals surface area contributed by atoms with Gasteiger partial charge in [0.25, 0.3) is 5.91 Å². The summed E-state index contributed by atoms with van der Waals surface area (Å²) in [6, 6.07) is 15.9. The van der Waals surface area contributed by atoms with Crippen molar-refractivity contribution >= 4 is 91.0 Å². The van der Waals surface area contributed by atoms with Crippen molar-refractivity contribution in [1.82, 2.24) is 0 Å². The molecule has 33 heavy (non-hydrogen) atoms. The van der Waals surface area contributed by atoms with Crippen molar-refractivity contribution in [3.8, 4) is 11.8 Å². The Bertz CT molecular complexity index is 1280. The number of halogens is 5. The van der Waals surface area contributed by atoms with Crippen LogP contribution >= 0.6 is 73.3 Å². The number of hydrogen-bond donors (Lipinski definition) is 1. The van der Waals surface area contributed by atoms with Gasteiger partial charge in [-0.25, -0.2) is 0 Å². The lowest BCUT2D eigenvalue weighted by Crippen LogP contribution is -2.13. The molecule has 3 aromatic rings. The van der Waals surface area contributed by atoms with E-state index in [1.165, 1.54) is 6.08 Å². The molecule has 0 aliphatic heterocycles. The van der Waals surface area contributed by atoms with Crippen LogP contribution in [-0.2, 0) is 11.4 Å². The first-order valence-electron chi connectivity index (χ1n) is 9.43. The minimum atomic E-state index is -0.527. The summed E-state index contributed by atoms with van der Waals surface area (Å²) in [5.41, 5.74) is 2.82. The van der Waals surface area contributed by atoms with Gasteiger partial charge in [0.05, 0.1) is 8.04 Å². The number of anilines is 1. The normalized spacial score (nSPS) is 11.1. The van der Waals surface area contributed by atoms with E-state index in [4.69, 9.17) is 39.5 Å². The van der Waals surface area contributed by atoms with Crippen LogP contribution < -0.4 is 10.1 Å². The Labute approximate surface area is 228 Å². The molecule has 0 saturated carbocycles. The highest BCUT2D eigenvalue weighted by Crippen LogP contribution is 2.34. The SMILES string of the molecule is Cc1ccc(NC(=O)/C(C#N)=C\c2cc(Br)c(OCc3ccc(Cl)cc3Cl)c(I)c2)cc1Cl. The van der Waals surface area contributed by atoms with Crippen molar-refractivity contribution < 1.29 is 9.53 Å². The second kappa shape index (κ2) is 11.6. The van der Waals surface area contributed by atoms with Gasteiger partial charge in [-0.15, -0.1) is 0 Å². The summed E-state index contributed by atoms with van der Waals surface area (Å²) in [6.45, 7) is 2.12. The van der Waals surface area contributed by atoms with Gasteiger partial charge in [-0.3, -0.25) is 4.79 Å². The average molecular weight is 677 g/mol. The second-order valence-corrected chi connectivity index (χ2v) is 10.2. The van der Waals surface area contributed by atoms with Crippen LogP contribution in [0.15, 0.2) is 58.6 Å². The molecular formula is C24H15BrCl3IN2O2. The number of hydrogen-bond acceptors (Lipinski definition) is 3. The summed E-state index contributed by atoms with van der Waals surface area (Å²) in [6.07, 6.45) is 1.51. The first-order valence-corrected chi connectivity index (χ1v) is 12.4. The average Bonchev–Trinajstić information content (AvgIpc) is 2.75. The van der Waals surface area contributed by atoms with Crippen LogP contribution in [0.4, 0.5) is 5.69 Å². The molecule has 3 rings (SSSR count). The first kappa shape index (κ1) is 25.9. The Morgan fingerprint density at radius 3 is 2.55 bits per heavy atom. The molecule has 4 nitrogen and oxygen atoms in total. The van der Waals surface area contributed by atoms with Crippen molar-refractivity contribution in [2.24, 2.45) is 0 Å². The van der Waals surface area contributed by atoms with Crippen molar-refractivity contribution in [3.05, 3.63) is 93.9 Å². The molecular weight excluding hydrogens is 661 g/mol. The smallest absolute Gasteiger partial charge is 0.266 e. The van der Waals surface area contributed by atoms with E-state index in [2.05, 4.69) is 43.8 Å². The molecule has 0 saturated heterocycles. The number of ether oxygens (including phenoxy) is 1. The Hall–Kier alpha value is -1.76. The van der Waals surface area contributed by atoms with E-state index < -0.39 is 5.91 Å². The molecule has 0 unspecified atom stereocenters. The van der Waals surface area contributed by atoms with Crippen molar-refractivity contribution in [3.63, 3.8) is 0 Å². The van der Waals surface area contributed by atoms with E-state index >= 15 is 0 Å². The van der Waals surface area contributed by atoms with Crippen molar-refractivity contribution in [2.45, 2.75) is 13.5 Å². The highest BCUT2D eigenvalue weighted by atomic mass is 127. The van der Waals surface area contributed by atoms with Gasteiger partial charge in [-0.2, -0.15) is 5.26 Å². The molecule has 0 spiro atoms. The number of aryl methyl sites for hydroxylation is 1. The van der Waals surface area contributed by atoms with Gasteiger partial charge in [0, 0.05) is 26.3 Å². The summed E-state index contributed by atoms with van der Waals surface area (Å²) in [5.74, 6) is 0.0947. The molecule has 1 N–H and O–H groups in total. The Balaban J connectivity index is 1.78. The summed E-state index contributed by atoms with van der Waals surface area (Å²) in [5, 5.41) is 13.8. The van der Waals surface area contributed by atoms with E-state index in [-0.39, 0.29) is 12.2 Å². The number of nitrogens with zero attached hydrogens (tertiary/aromatic N) is 1. The summed E-state index contributed by atoms with van der Waals surface area (Å²) >= 11 is 23.9. The number of amides is 1. The van der Waals surface area contributed by atoms with Crippen molar-refractivity contribution in [2.75, 3.05) is 5.32 Å². The van der Waals surface area contributed by atoms with Crippen LogP contribution in [0.5, 0.6) is 5.75 Å². The minimum Gasteiger partial charge on any atom is -0.487 e. The maximum absolute atomic E-state index is 12.6. The Morgan fingerprint density at radius 2 is 1.91 bits per heavy atom. The lowest BCUT2D eigenvalue weighted by atomic mass is 10.1. The second-order valence-electron chi connectivity index (χ2n) is 6.93. The number of nitriles is 1. The summed E-state index contributed by atoms with van der Waals surface area (Å²) in [4.78, 5) is 12.6. The third kappa shape index (κ3) is 6.87. The lowest BCUT2D eigenvalue weighted by molar-refractivity contribution is -0.112. The Morgan fingerprint density at radius 1 is 1.15 bits per heavy atom. The number of nitrogens with one attached hydrogen (secondary N) is 1. The van der Waals surface area contributed by atoms with Gasteiger partial charge >= 0.3 is 0 Å². The Kier molecular flexibility index (Phi) is 9.08. The molecule has 0 aliphatic rings. The molecule has 0 fully saturated rings. The van der Waals surface area contributed by atoms with Crippen LogP contribution in [0, 0.1) is 21.8 Å². The third-order valence-corrected chi connectivity index (χ3v) is 6.90. The van der Waals surface area contributed by atoms with E-state index in [1.807, 2.05) is 25.1 Å². The quantitative estimate of drug-likeness (QED) is 0.162. The number of carbonyl (C=O) groups is 1. The molecule has 0 aromatic heterocycles. The zero-order valence-electron chi connectivity index (χ0n) is 17.1. The molecule has 0 heterocycles. The van der Waals surface area contributed by atoms with Gasteiger partial charge in [-0.05, 0) is 99.0 Å². The molecule has 0 aliphatic carbocycles. The third-order valence-electron chi connectivity index (χ3n) is 4.51. The number of benzene rings is 3. The van der Waals surface area contributed by atoms with Crippen molar-refractivity contribution in [1.29, 1.82) is 5.26 Å². The van der Waals surface area contributed by atoms with E-state index in [9.17, 15) is 10.1 Å². The molecule has 9 heteroatoms. The summed E-state index contributed by atoms with van der Waals surface area (Å²) < 4.78 is 7.42. The fourth-order valence-electron chi connectivity index (χ4n) is 2.77. The fourth-order valence-corrected chi connectivity index (χ4v) is 5.19. The molecule has 0 bridgehead atoms. The zero-order chi connectivity index (χ0) is 24.1. The minimum absolute atomic E-state index is 0.0454. The summed E-state index contributed by atoms with van der Waals surface area (Å²) in [7, 11) is 0. The van der Waals surface area contributed by atoms with Gasteiger partial charge in [0.15, 0.2) is 0 Å². The first-order chi connectivity index (χ1) is 15.7. The molecule has 1 amide bonds. The van der Waals surface area contributed by atoms with Gasteiger partial charge < -0.3 is 10.1 Å². The van der Waals surface area contributed by atoms with Crippen LogP contribution in [0.25, 0.3) is 6.08 Å². The molecule has 0 radical (unpaired) electrons. The van der Waals surface area contributed by atoms with Crippen LogP contribution in [0.3, 0.4) is 0 Å². The molecule has 168 valence electrons. The maximum atomic E-state index is 12.6. The number of carbonyl (C=O) groups excluding carboxylic acids is 1. The molecule has 3 aromatic carbocycles. The van der Waals surface area contributed by atoms with E-state index in [0.29, 0.717) is 36.5 Å².